The normalized spacial score (nSPS) is 16.9. The quantitative estimate of drug-likeness (QED) is 0.438. The first-order valence-electron chi connectivity index (χ1n) is 10.6. The Labute approximate surface area is 195 Å². The van der Waals surface area contributed by atoms with E-state index in [4.69, 9.17) is 0 Å². The summed E-state index contributed by atoms with van der Waals surface area (Å²) >= 11 is 0. The zero-order valence-electron chi connectivity index (χ0n) is 17.9. The van der Waals surface area contributed by atoms with Crippen molar-refractivity contribution in [2.75, 3.05) is 24.6 Å². The van der Waals surface area contributed by atoms with Gasteiger partial charge < -0.3 is 5.32 Å². The Balaban J connectivity index is 1.66. The fourth-order valence-corrected chi connectivity index (χ4v) is 5.35. The van der Waals surface area contributed by atoms with E-state index in [-0.39, 0.29) is 28.6 Å². The molecule has 0 amide bonds. The highest BCUT2D eigenvalue weighted by Gasteiger charge is 2.31. The molecule has 34 heavy (non-hydrogen) atoms. The fourth-order valence-electron chi connectivity index (χ4n) is 3.91. The zero-order chi connectivity index (χ0) is 23.7. The molecule has 2 aromatic heterocycles. The minimum atomic E-state index is -4.12. The average Bonchev–Trinajstić information content (AvgIpc) is 3.30. The third-order valence-electron chi connectivity index (χ3n) is 5.53. The largest absolute Gasteiger partial charge is 0.311 e. The van der Waals surface area contributed by atoms with Crippen LogP contribution < -0.4 is 10.3 Å². The summed E-state index contributed by atoms with van der Waals surface area (Å²) in [5.41, 5.74) is 0.803. The molecule has 1 unspecified atom stereocenters. The Hall–Kier alpha value is -3.85. The van der Waals surface area contributed by atoms with Crippen molar-refractivity contribution in [1.29, 1.82) is 5.26 Å². The number of nitrogens with zero attached hydrogens (tertiary/aromatic N) is 6. The van der Waals surface area contributed by atoms with Crippen molar-refractivity contribution in [2.24, 2.45) is 0 Å². The van der Waals surface area contributed by atoms with Crippen LogP contribution in [0.5, 0.6) is 0 Å². The summed E-state index contributed by atoms with van der Waals surface area (Å²) in [4.78, 5) is 8.85. The molecule has 9 nitrogen and oxygen atoms in total. The van der Waals surface area contributed by atoms with E-state index >= 15 is 0 Å². The highest BCUT2D eigenvalue weighted by atomic mass is 32.2. The molecule has 0 aliphatic carbocycles. The molecule has 1 aliphatic heterocycles. The second-order valence-electron chi connectivity index (χ2n) is 7.62. The third-order valence-corrected chi connectivity index (χ3v) is 7.25. The summed E-state index contributed by atoms with van der Waals surface area (Å²) in [6.07, 6.45) is 1.55. The standard InChI is InChI=1S/C23H20FN7O2S/c24-21-16-26-11-13-29(21)31(19-7-2-1-3-8-19)23-27-15-18-10-12-30(22(18)28-23)34(32,33)20-9-5-4-6-17(20)14-25/h1-10,12,15,21,26H,11,13,16H2. The van der Waals surface area contributed by atoms with E-state index in [9.17, 15) is 18.1 Å². The van der Waals surface area contributed by atoms with Gasteiger partial charge in [0.2, 0.25) is 5.95 Å². The number of anilines is 2. The minimum absolute atomic E-state index is 0.0330. The topological polar surface area (TPSA) is 107 Å². The first kappa shape index (κ1) is 22.0. The average molecular weight is 478 g/mol. The van der Waals surface area contributed by atoms with E-state index in [0.717, 1.165) is 3.97 Å². The lowest BCUT2D eigenvalue weighted by molar-refractivity contribution is 0.0577. The van der Waals surface area contributed by atoms with Crippen LogP contribution in [0.25, 0.3) is 11.0 Å². The van der Waals surface area contributed by atoms with Crippen molar-refractivity contribution in [1.82, 2.24) is 24.3 Å². The number of fused-ring (bicyclic) bond motifs is 1. The summed E-state index contributed by atoms with van der Waals surface area (Å²) in [6.45, 7) is 1.08. The Morgan fingerprint density at radius 3 is 2.65 bits per heavy atom. The van der Waals surface area contributed by atoms with Crippen LogP contribution >= 0.6 is 0 Å². The van der Waals surface area contributed by atoms with Gasteiger partial charge in [-0.1, -0.05) is 30.3 Å². The van der Waals surface area contributed by atoms with Gasteiger partial charge in [0, 0.05) is 37.4 Å². The van der Waals surface area contributed by atoms with Crippen LogP contribution in [-0.2, 0) is 10.0 Å². The van der Waals surface area contributed by atoms with Crippen LogP contribution in [0, 0.1) is 11.3 Å². The summed E-state index contributed by atoms with van der Waals surface area (Å²) in [6, 6.07) is 18.6. The molecule has 1 aliphatic rings. The van der Waals surface area contributed by atoms with Gasteiger partial charge in [-0.25, -0.2) is 26.8 Å². The fraction of sp³-hybridized carbons (Fsp3) is 0.174. The maximum atomic E-state index is 14.9. The van der Waals surface area contributed by atoms with E-state index in [0.29, 0.717) is 24.2 Å². The van der Waals surface area contributed by atoms with Gasteiger partial charge in [-0.15, -0.1) is 0 Å². The molecule has 0 spiro atoms. The van der Waals surface area contributed by atoms with Gasteiger partial charge in [0.25, 0.3) is 10.0 Å². The lowest BCUT2D eigenvalue weighted by atomic mass is 10.2. The number of rotatable bonds is 5. The van der Waals surface area contributed by atoms with Crippen LogP contribution in [0.3, 0.4) is 0 Å². The van der Waals surface area contributed by atoms with Crippen LogP contribution in [0.2, 0.25) is 0 Å². The van der Waals surface area contributed by atoms with Gasteiger partial charge in [-0.2, -0.15) is 15.3 Å². The Bertz CT molecular complexity index is 1480. The maximum Gasteiger partial charge on any atom is 0.270 e. The minimum Gasteiger partial charge on any atom is -0.311 e. The Morgan fingerprint density at radius 2 is 1.88 bits per heavy atom. The maximum absolute atomic E-state index is 14.9. The van der Waals surface area contributed by atoms with Gasteiger partial charge in [0.1, 0.15) is 11.0 Å². The number of hydrogen-bond acceptors (Lipinski definition) is 8. The molecule has 1 saturated heterocycles. The lowest BCUT2D eigenvalue weighted by Gasteiger charge is -2.39. The Kier molecular flexibility index (Phi) is 5.70. The number of hydrogen-bond donors (Lipinski definition) is 1. The third kappa shape index (κ3) is 3.77. The van der Waals surface area contributed by atoms with Crippen LogP contribution in [0.1, 0.15) is 5.56 Å². The highest BCUT2D eigenvalue weighted by Crippen LogP contribution is 2.29. The monoisotopic (exact) mass is 477 g/mol. The predicted molar refractivity (Wildman–Crippen MR) is 124 cm³/mol. The van der Waals surface area contributed by atoms with Gasteiger partial charge in [0.05, 0.1) is 11.3 Å². The van der Waals surface area contributed by atoms with Crippen molar-refractivity contribution in [3.8, 4) is 6.07 Å². The van der Waals surface area contributed by atoms with Gasteiger partial charge in [0.15, 0.2) is 11.9 Å². The molecule has 0 radical (unpaired) electrons. The number of hydrazine groups is 1. The molecule has 1 fully saturated rings. The van der Waals surface area contributed by atoms with E-state index in [1.165, 1.54) is 29.5 Å². The number of aromatic nitrogens is 3. The molecule has 1 atom stereocenters. The number of halogens is 1. The molecular weight excluding hydrogens is 457 g/mol. The molecule has 1 N–H and O–H groups in total. The number of alkyl halides is 1. The van der Waals surface area contributed by atoms with Gasteiger partial charge in [-0.3, -0.25) is 0 Å². The first-order chi connectivity index (χ1) is 16.5. The van der Waals surface area contributed by atoms with Crippen molar-refractivity contribution >= 4 is 32.7 Å². The molecule has 0 bridgehead atoms. The number of para-hydroxylation sites is 1. The van der Waals surface area contributed by atoms with Gasteiger partial charge >= 0.3 is 0 Å². The number of nitriles is 1. The van der Waals surface area contributed by atoms with Crippen LogP contribution in [0.15, 0.2) is 78.0 Å². The molecule has 0 saturated carbocycles. The van der Waals surface area contributed by atoms with E-state index in [1.807, 2.05) is 24.3 Å². The second-order valence-corrected chi connectivity index (χ2v) is 9.41. The molecule has 3 heterocycles. The van der Waals surface area contributed by atoms with Crippen molar-refractivity contribution in [3.05, 3.63) is 78.6 Å². The smallest absolute Gasteiger partial charge is 0.270 e. The summed E-state index contributed by atoms with van der Waals surface area (Å²) in [5, 5.41) is 16.0. The zero-order valence-corrected chi connectivity index (χ0v) is 18.7. The second kappa shape index (κ2) is 8.83. The van der Waals surface area contributed by atoms with Crippen molar-refractivity contribution < 1.29 is 12.8 Å². The van der Waals surface area contributed by atoms with Crippen LogP contribution in [-0.4, -0.2) is 53.3 Å². The van der Waals surface area contributed by atoms with Crippen molar-refractivity contribution in [2.45, 2.75) is 11.2 Å². The Morgan fingerprint density at radius 1 is 1.12 bits per heavy atom. The van der Waals surface area contributed by atoms with Gasteiger partial charge in [-0.05, 0) is 30.3 Å². The summed E-state index contributed by atoms with van der Waals surface area (Å²) in [7, 11) is -4.12. The molecule has 2 aromatic carbocycles. The molecule has 5 rings (SSSR count). The van der Waals surface area contributed by atoms with E-state index < -0.39 is 16.3 Å². The lowest BCUT2D eigenvalue weighted by Crippen LogP contribution is -2.55. The van der Waals surface area contributed by atoms with E-state index in [1.54, 1.807) is 35.3 Å². The van der Waals surface area contributed by atoms with Crippen LogP contribution in [0.4, 0.5) is 16.0 Å². The highest BCUT2D eigenvalue weighted by molar-refractivity contribution is 7.90. The molecule has 172 valence electrons. The molecular formula is C23H20FN7O2S. The molecule has 11 heteroatoms. The van der Waals surface area contributed by atoms with E-state index in [2.05, 4.69) is 15.3 Å². The predicted octanol–water partition coefficient (Wildman–Crippen LogP) is 2.79. The summed E-state index contributed by atoms with van der Waals surface area (Å²) in [5.74, 6) is 0.131. The number of benzene rings is 2. The number of nitrogens with one attached hydrogen (secondary N) is 1. The SMILES string of the molecule is N#Cc1ccccc1S(=O)(=O)n1ccc2cnc(N(c3ccccc3)N3CCNCC3F)nc21. The number of piperazine rings is 1. The molecule has 4 aromatic rings. The summed E-state index contributed by atoms with van der Waals surface area (Å²) < 4.78 is 42.9. The van der Waals surface area contributed by atoms with Crippen molar-refractivity contribution in [3.63, 3.8) is 0 Å². The first-order valence-corrected chi connectivity index (χ1v) is 12.0.